The van der Waals surface area contributed by atoms with Gasteiger partial charge in [0.15, 0.2) is 6.61 Å². The van der Waals surface area contributed by atoms with Crippen LogP contribution < -0.4 is 15.8 Å². The van der Waals surface area contributed by atoms with Crippen LogP contribution in [-0.4, -0.2) is 28.6 Å². The van der Waals surface area contributed by atoms with Crippen LogP contribution in [0, 0.1) is 0 Å². The minimum atomic E-state index is -0.770. The van der Waals surface area contributed by atoms with E-state index in [0.29, 0.717) is 35.3 Å². The van der Waals surface area contributed by atoms with Gasteiger partial charge in [0.25, 0.3) is 5.91 Å². The molecule has 0 spiro atoms. The summed E-state index contributed by atoms with van der Waals surface area (Å²) in [6.07, 6.45) is 3.21. The van der Waals surface area contributed by atoms with Crippen molar-refractivity contribution in [3.05, 3.63) is 78.1 Å². The number of carbonyl (C=O) groups excluding carboxylic acids is 2. The number of nitrogens with one attached hydrogen (secondary N) is 1. The maximum atomic E-state index is 12.6. The highest BCUT2D eigenvalue weighted by atomic mass is 32.2. The molecule has 3 N–H and O–H groups in total. The average Bonchev–Trinajstić information content (AvgIpc) is 2.78. The fraction of sp³-hybridized carbons (Fsp3) is 0.136. The van der Waals surface area contributed by atoms with E-state index in [-0.39, 0.29) is 17.6 Å². The fourth-order valence-corrected chi connectivity index (χ4v) is 3.04. The number of hydrogen-bond acceptors (Lipinski definition) is 6. The first kappa shape index (κ1) is 21.5. The third-order valence-corrected chi connectivity index (χ3v) is 4.82. The molecule has 1 heterocycles. The highest BCUT2D eigenvalue weighted by molar-refractivity contribution is 8.13. The van der Waals surface area contributed by atoms with Crippen LogP contribution in [0.15, 0.2) is 67.0 Å². The molecule has 2 aromatic carbocycles. The lowest BCUT2D eigenvalue weighted by atomic mass is 9.97. The first-order valence-corrected chi connectivity index (χ1v) is 10.1. The molecule has 0 bridgehead atoms. The molecule has 3 aromatic rings. The van der Waals surface area contributed by atoms with Crippen LogP contribution in [0.3, 0.4) is 0 Å². The van der Waals surface area contributed by atoms with Crippen LogP contribution in [0.2, 0.25) is 0 Å². The Balaban J connectivity index is 1.78. The number of nitrogens with zero attached hydrogens (tertiary/aromatic N) is 1. The third-order valence-electron chi connectivity index (χ3n) is 4.27. The predicted octanol–water partition coefficient (Wildman–Crippen LogP) is 4.03. The van der Waals surface area contributed by atoms with Crippen LogP contribution in [-0.2, 0) is 11.3 Å². The number of alkyl halides is 1. The molecule has 0 saturated heterocycles. The maximum absolute atomic E-state index is 12.6. The number of pyridine rings is 1. The van der Waals surface area contributed by atoms with Gasteiger partial charge < -0.3 is 15.8 Å². The van der Waals surface area contributed by atoms with E-state index in [1.807, 2.05) is 18.2 Å². The highest BCUT2D eigenvalue weighted by Gasteiger charge is 2.12. The van der Waals surface area contributed by atoms with Gasteiger partial charge in [0, 0.05) is 30.2 Å². The summed E-state index contributed by atoms with van der Waals surface area (Å²) in [5.74, 6) is 0.252. The summed E-state index contributed by atoms with van der Waals surface area (Å²) < 4.78 is 17.5. The number of ether oxygens (including phenoxy) is 1. The molecule has 3 rings (SSSR count). The van der Waals surface area contributed by atoms with Gasteiger partial charge in [0.1, 0.15) is 11.8 Å². The lowest BCUT2D eigenvalue weighted by Crippen LogP contribution is -2.12. The minimum Gasteiger partial charge on any atom is -0.485 e. The van der Waals surface area contributed by atoms with E-state index in [0.717, 1.165) is 16.7 Å². The number of rotatable bonds is 8. The van der Waals surface area contributed by atoms with E-state index in [1.54, 1.807) is 48.8 Å². The molecule has 154 valence electrons. The SMILES string of the molecule is NCc1ccc(C(=O)Nc2ccncc2)cc1-c1ccc(OCC(=O)SCF)cc1. The topological polar surface area (TPSA) is 94.3 Å². The molecule has 30 heavy (non-hydrogen) atoms. The minimum absolute atomic E-state index is 0.202. The van der Waals surface area contributed by atoms with Crippen molar-refractivity contribution in [2.24, 2.45) is 5.73 Å². The summed E-state index contributed by atoms with van der Waals surface area (Å²) in [7, 11) is 0. The number of thioether (sulfide) groups is 1. The van der Waals surface area contributed by atoms with E-state index >= 15 is 0 Å². The van der Waals surface area contributed by atoms with Crippen LogP contribution in [0.4, 0.5) is 10.1 Å². The van der Waals surface area contributed by atoms with E-state index in [1.165, 1.54) is 0 Å². The zero-order valence-electron chi connectivity index (χ0n) is 16.0. The second kappa shape index (κ2) is 10.5. The van der Waals surface area contributed by atoms with Crippen molar-refractivity contribution in [3.63, 3.8) is 0 Å². The van der Waals surface area contributed by atoms with Crippen molar-refractivity contribution < 1.29 is 18.7 Å². The molecule has 0 unspecified atom stereocenters. The van der Waals surface area contributed by atoms with Crippen molar-refractivity contribution in [2.75, 3.05) is 17.9 Å². The molecule has 0 aliphatic carbocycles. The average molecular weight is 425 g/mol. The Kier molecular flexibility index (Phi) is 7.53. The fourth-order valence-electron chi connectivity index (χ4n) is 2.78. The summed E-state index contributed by atoms with van der Waals surface area (Å²) in [6, 6.07) is 15.1. The van der Waals surface area contributed by atoms with Crippen molar-refractivity contribution in [2.45, 2.75) is 6.54 Å². The Morgan fingerprint density at radius 3 is 2.47 bits per heavy atom. The number of nitrogens with two attached hydrogens (primary N) is 1. The van der Waals surface area contributed by atoms with Gasteiger partial charge in [-0.2, -0.15) is 0 Å². The van der Waals surface area contributed by atoms with Gasteiger partial charge in [-0.15, -0.1) is 0 Å². The number of hydrogen-bond donors (Lipinski definition) is 2. The van der Waals surface area contributed by atoms with Crippen LogP contribution in [0.5, 0.6) is 5.75 Å². The lowest BCUT2D eigenvalue weighted by molar-refractivity contribution is -0.112. The van der Waals surface area contributed by atoms with Gasteiger partial charge in [0.2, 0.25) is 5.12 Å². The second-order valence-corrected chi connectivity index (χ2v) is 7.17. The van der Waals surface area contributed by atoms with Crippen molar-refractivity contribution in [1.29, 1.82) is 0 Å². The first-order valence-electron chi connectivity index (χ1n) is 9.10. The molecule has 0 aliphatic heterocycles. The molecule has 0 aliphatic rings. The number of carbonyl (C=O) groups is 2. The van der Waals surface area contributed by atoms with Gasteiger partial charge in [-0.25, -0.2) is 4.39 Å². The summed E-state index contributed by atoms with van der Waals surface area (Å²) in [5.41, 5.74) is 9.59. The molecule has 8 heteroatoms. The first-order chi connectivity index (χ1) is 14.6. The van der Waals surface area contributed by atoms with Crippen molar-refractivity contribution in [3.8, 4) is 16.9 Å². The Bertz CT molecular complexity index is 1010. The quantitative estimate of drug-likeness (QED) is 0.566. The van der Waals surface area contributed by atoms with Gasteiger partial charge in [-0.05, 0) is 53.1 Å². The van der Waals surface area contributed by atoms with Crippen LogP contribution in [0.25, 0.3) is 11.1 Å². The molecule has 1 aromatic heterocycles. The molecule has 0 saturated carbocycles. The van der Waals surface area contributed by atoms with E-state index in [4.69, 9.17) is 10.5 Å². The summed E-state index contributed by atoms with van der Waals surface area (Å²) in [6.45, 7) is 0.113. The van der Waals surface area contributed by atoms with Crippen LogP contribution in [0.1, 0.15) is 15.9 Å². The maximum Gasteiger partial charge on any atom is 0.255 e. The molecule has 1 amide bonds. The van der Waals surface area contributed by atoms with Gasteiger partial charge in [-0.3, -0.25) is 14.6 Å². The molecule has 0 atom stereocenters. The summed E-state index contributed by atoms with van der Waals surface area (Å²) in [5, 5.41) is 2.46. The third kappa shape index (κ3) is 5.65. The van der Waals surface area contributed by atoms with Crippen molar-refractivity contribution >= 4 is 28.5 Å². The zero-order valence-corrected chi connectivity index (χ0v) is 16.8. The Hall–Kier alpha value is -3.23. The summed E-state index contributed by atoms with van der Waals surface area (Å²) >= 11 is 0.574. The lowest BCUT2D eigenvalue weighted by Gasteiger charge is -2.12. The number of benzene rings is 2. The molecular weight excluding hydrogens is 405 g/mol. The van der Waals surface area contributed by atoms with Gasteiger partial charge in [-0.1, -0.05) is 30.0 Å². The van der Waals surface area contributed by atoms with Gasteiger partial charge in [0.05, 0.1) is 0 Å². The Morgan fingerprint density at radius 1 is 1.07 bits per heavy atom. The Labute approximate surface area is 177 Å². The standard InChI is InChI=1S/C22H20FN3O3S/c23-14-30-21(27)13-29-19-5-3-15(4-6-19)20-11-16(1-2-17(20)12-24)22(28)26-18-7-9-25-10-8-18/h1-11H,12-14,24H2,(H,25,26,28). The van der Waals surface area contributed by atoms with Gasteiger partial charge >= 0.3 is 0 Å². The smallest absolute Gasteiger partial charge is 0.255 e. The predicted molar refractivity (Wildman–Crippen MR) is 116 cm³/mol. The zero-order chi connectivity index (χ0) is 21.3. The van der Waals surface area contributed by atoms with Crippen molar-refractivity contribution in [1.82, 2.24) is 4.98 Å². The number of amides is 1. The normalized spacial score (nSPS) is 10.5. The molecular formula is C22H20FN3O3S. The monoisotopic (exact) mass is 425 g/mol. The second-order valence-electron chi connectivity index (χ2n) is 6.20. The summed E-state index contributed by atoms with van der Waals surface area (Å²) in [4.78, 5) is 27.9. The van der Waals surface area contributed by atoms with E-state index in [2.05, 4.69) is 10.3 Å². The molecule has 0 radical (unpaired) electrons. The van der Waals surface area contributed by atoms with E-state index in [9.17, 15) is 14.0 Å². The molecule has 6 nitrogen and oxygen atoms in total. The van der Waals surface area contributed by atoms with E-state index < -0.39 is 6.01 Å². The number of aromatic nitrogens is 1. The highest BCUT2D eigenvalue weighted by Crippen LogP contribution is 2.27. The number of halogens is 1. The largest absolute Gasteiger partial charge is 0.485 e. The van der Waals surface area contributed by atoms with Crippen LogP contribution >= 0.6 is 11.8 Å². The number of anilines is 1. The molecule has 0 fully saturated rings. The Morgan fingerprint density at radius 2 is 1.80 bits per heavy atom.